The van der Waals surface area contributed by atoms with Crippen LogP contribution in [0.5, 0.6) is 0 Å². The molecule has 0 fully saturated rings. The molecule has 0 heterocycles. The molecule has 0 N–H and O–H groups in total. The smallest absolute Gasteiger partial charge is 0.216 e. The maximum atomic E-state index is 11.1. The first-order chi connectivity index (χ1) is 12.0. The number of hydrogen-bond acceptors (Lipinski definition) is 5. The first-order valence-corrected chi connectivity index (χ1v) is 9.29. The molecule has 2 atom stereocenters. The minimum absolute atomic E-state index is 0.243. The molecule has 7 heteroatoms. The molecule has 1 radical (unpaired) electrons. The highest BCUT2D eigenvalue weighted by atomic mass is 16.6. The molecule has 0 spiro atoms. The van der Waals surface area contributed by atoms with Crippen LogP contribution in [0, 0.1) is 20.2 Å². The van der Waals surface area contributed by atoms with Gasteiger partial charge in [0.1, 0.15) is 0 Å². The molecule has 7 nitrogen and oxygen atoms in total. The van der Waals surface area contributed by atoms with Crippen molar-refractivity contribution < 1.29 is 14.6 Å². The Kier molecular flexibility index (Phi) is 14.6. The number of nitro groups is 2. The molecular weight excluding hydrogens is 324 g/mol. The number of rotatable bonds is 17. The predicted molar refractivity (Wildman–Crippen MR) is 97.5 cm³/mol. The van der Waals surface area contributed by atoms with Crippen molar-refractivity contribution in [2.45, 2.75) is 96.1 Å². The summed E-state index contributed by atoms with van der Waals surface area (Å²) in [6.45, 7) is 2.05. The first-order valence-electron chi connectivity index (χ1n) is 9.29. The lowest BCUT2D eigenvalue weighted by atomic mass is 10.00. The second kappa shape index (κ2) is 15.7. The van der Waals surface area contributed by atoms with Crippen molar-refractivity contribution in [3.05, 3.63) is 32.4 Å². The second-order valence-corrected chi connectivity index (χ2v) is 6.40. The number of carbonyl (C=O) groups excluding carboxylic acids is 1. The van der Waals surface area contributed by atoms with E-state index in [0.29, 0.717) is 38.5 Å². The fourth-order valence-corrected chi connectivity index (χ4v) is 2.71. The van der Waals surface area contributed by atoms with Gasteiger partial charge in [-0.1, -0.05) is 31.9 Å². The Morgan fingerprint density at radius 3 is 2.12 bits per heavy atom. The van der Waals surface area contributed by atoms with Crippen molar-refractivity contribution >= 4 is 6.29 Å². The average Bonchev–Trinajstić information content (AvgIpc) is 2.57. The molecule has 25 heavy (non-hydrogen) atoms. The molecule has 0 amide bonds. The minimum atomic E-state index is -0.678. The summed E-state index contributed by atoms with van der Waals surface area (Å²) in [6, 6.07) is -1.26. The van der Waals surface area contributed by atoms with Crippen molar-refractivity contribution in [1.29, 1.82) is 0 Å². The van der Waals surface area contributed by atoms with E-state index in [-0.39, 0.29) is 9.85 Å². The third kappa shape index (κ3) is 13.2. The van der Waals surface area contributed by atoms with Gasteiger partial charge in [-0.15, -0.1) is 0 Å². The van der Waals surface area contributed by atoms with Gasteiger partial charge in [0.25, 0.3) is 0 Å². The number of nitrogens with zero attached hydrogens (tertiary/aromatic N) is 2. The maximum Gasteiger partial charge on any atom is 0.216 e. The third-order valence-corrected chi connectivity index (χ3v) is 4.29. The van der Waals surface area contributed by atoms with Gasteiger partial charge in [-0.2, -0.15) is 0 Å². The van der Waals surface area contributed by atoms with E-state index in [9.17, 15) is 25.0 Å². The fraction of sp³-hybridized carbons (Fsp3) is 0.833. The summed E-state index contributed by atoms with van der Waals surface area (Å²) in [4.78, 5) is 31.7. The summed E-state index contributed by atoms with van der Waals surface area (Å²) in [5, 5.41) is 22.2. The Morgan fingerprint density at radius 2 is 1.52 bits per heavy atom. The van der Waals surface area contributed by atoms with Gasteiger partial charge in [0.15, 0.2) is 6.29 Å². The van der Waals surface area contributed by atoms with Gasteiger partial charge < -0.3 is 0 Å². The highest BCUT2D eigenvalue weighted by Gasteiger charge is 2.23. The Morgan fingerprint density at radius 1 is 0.880 bits per heavy atom. The molecule has 0 saturated carbocycles. The molecule has 0 saturated heterocycles. The Bertz CT molecular complexity index is 412. The normalized spacial score (nSPS) is 13.6. The Hall–Kier alpha value is -1.79. The van der Waals surface area contributed by atoms with E-state index in [0.717, 1.165) is 38.5 Å². The van der Waals surface area contributed by atoms with Crippen LogP contribution in [0.2, 0.25) is 0 Å². The molecule has 0 aromatic carbocycles. The zero-order chi connectivity index (χ0) is 18.9. The lowest BCUT2D eigenvalue weighted by molar-refractivity contribution is -0.529. The summed E-state index contributed by atoms with van der Waals surface area (Å²) >= 11 is 0. The topological polar surface area (TPSA) is 103 Å². The van der Waals surface area contributed by atoms with Crippen molar-refractivity contribution in [2.75, 3.05) is 0 Å². The molecule has 0 rings (SSSR count). The van der Waals surface area contributed by atoms with E-state index < -0.39 is 12.1 Å². The lowest BCUT2D eigenvalue weighted by Crippen LogP contribution is -2.22. The van der Waals surface area contributed by atoms with Gasteiger partial charge >= 0.3 is 0 Å². The third-order valence-electron chi connectivity index (χ3n) is 4.29. The molecule has 2 unspecified atom stereocenters. The molecular formula is C18H31N2O5. The van der Waals surface area contributed by atoms with Gasteiger partial charge in [0, 0.05) is 42.0 Å². The van der Waals surface area contributed by atoms with E-state index in [1.165, 1.54) is 0 Å². The van der Waals surface area contributed by atoms with Crippen LogP contribution in [-0.2, 0) is 4.79 Å². The molecule has 0 aliphatic heterocycles. The molecule has 0 aliphatic rings. The number of hydrogen-bond donors (Lipinski definition) is 0. The van der Waals surface area contributed by atoms with E-state index in [4.69, 9.17) is 0 Å². The molecule has 0 bridgehead atoms. The van der Waals surface area contributed by atoms with Crippen molar-refractivity contribution in [3.8, 4) is 0 Å². The monoisotopic (exact) mass is 355 g/mol. The Balaban J connectivity index is 4.12. The zero-order valence-electron chi connectivity index (χ0n) is 15.2. The van der Waals surface area contributed by atoms with E-state index in [2.05, 4.69) is 6.92 Å². The minimum Gasteiger partial charge on any atom is -0.291 e. The zero-order valence-corrected chi connectivity index (χ0v) is 15.2. The quantitative estimate of drug-likeness (QED) is 0.163. The van der Waals surface area contributed by atoms with Crippen molar-refractivity contribution in [1.82, 2.24) is 0 Å². The van der Waals surface area contributed by atoms with E-state index in [1.54, 1.807) is 0 Å². The largest absolute Gasteiger partial charge is 0.291 e. The lowest BCUT2D eigenvalue weighted by Gasteiger charge is -2.11. The summed E-state index contributed by atoms with van der Waals surface area (Å²) < 4.78 is 0. The van der Waals surface area contributed by atoms with Crippen LogP contribution < -0.4 is 0 Å². The van der Waals surface area contributed by atoms with Crippen molar-refractivity contribution in [3.63, 3.8) is 0 Å². The number of unbranched alkanes of at least 4 members (excludes halogenated alkanes) is 5. The van der Waals surface area contributed by atoms with Crippen molar-refractivity contribution in [2.24, 2.45) is 0 Å². The molecule has 0 aromatic rings. The summed E-state index contributed by atoms with van der Waals surface area (Å²) in [5.74, 6) is 0. The van der Waals surface area contributed by atoms with Gasteiger partial charge in [-0.3, -0.25) is 25.0 Å². The Labute approximate surface area is 150 Å². The van der Waals surface area contributed by atoms with E-state index in [1.807, 2.05) is 18.4 Å². The van der Waals surface area contributed by atoms with Gasteiger partial charge in [-0.25, -0.2) is 0 Å². The van der Waals surface area contributed by atoms with Gasteiger partial charge in [0.05, 0.1) is 0 Å². The summed E-state index contributed by atoms with van der Waals surface area (Å²) in [5.41, 5.74) is 0. The van der Waals surface area contributed by atoms with Crippen LogP contribution in [0.3, 0.4) is 0 Å². The summed E-state index contributed by atoms with van der Waals surface area (Å²) in [6.07, 6.45) is 13.5. The van der Waals surface area contributed by atoms with Crippen LogP contribution in [0.25, 0.3) is 0 Å². The molecule has 143 valence electrons. The highest BCUT2D eigenvalue weighted by Crippen LogP contribution is 2.16. The highest BCUT2D eigenvalue weighted by molar-refractivity contribution is 5.50. The summed E-state index contributed by atoms with van der Waals surface area (Å²) in [7, 11) is 0. The SMILES string of the molecule is CCCCCC(CCCC(CC=CCCCC[C]=O)[N+](=O)[O-])[N+](=O)[O-]. The van der Waals surface area contributed by atoms with Gasteiger partial charge in [-0.05, 0) is 32.1 Å². The first kappa shape index (κ1) is 23.2. The standard InChI is InChI=1S/C18H31N2O5/c1-2-3-8-12-17(19(22)23)14-11-15-18(20(24)25)13-9-6-4-5-7-10-16-21/h6,9,17-18H,2-5,7-8,10-15H2,1H3. The van der Waals surface area contributed by atoms with Crippen LogP contribution in [0.4, 0.5) is 0 Å². The van der Waals surface area contributed by atoms with E-state index >= 15 is 0 Å². The fourth-order valence-electron chi connectivity index (χ4n) is 2.71. The predicted octanol–water partition coefficient (Wildman–Crippen LogP) is 4.64. The van der Waals surface area contributed by atoms with Crippen LogP contribution in [0.15, 0.2) is 12.2 Å². The van der Waals surface area contributed by atoms with Crippen LogP contribution in [-0.4, -0.2) is 28.2 Å². The van der Waals surface area contributed by atoms with Crippen LogP contribution >= 0.6 is 0 Å². The molecule has 0 aliphatic carbocycles. The van der Waals surface area contributed by atoms with Crippen LogP contribution in [0.1, 0.15) is 84.0 Å². The second-order valence-electron chi connectivity index (χ2n) is 6.40. The van der Waals surface area contributed by atoms with Gasteiger partial charge in [0.2, 0.25) is 12.1 Å². The maximum absolute atomic E-state index is 11.1. The average molecular weight is 355 g/mol. The number of allylic oxidation sites excluding steroid dienone is 1. The molecule has 0 aromatic heterocycles.